The van der Waals surface area contributed by atoms with Crippen molar-refractivity contribution >= 4 is 18.3 Å². The molecule has 0 fully saturated rings. The fraction of sp³-hybridized carbons (Fsp3) is 0.667. The van der Waals surface area contributed by atoms with Crippen molar-refractivity contribution in [1.82, 2.24) is 9.78 Å². The lowest BCUT2D eigenvalue weighted by Crippen LogP contribution is -2.29. The second-order valence-electron chi connectivity index (χ2n) is 4.19. The number of nitrogens with zero attached hydrogens (tertiary/aromatic N) is 3. The second-order valence-corrected chi connectivity index (χ2v) is 4.56. The molecule has 0 aliphatic heterocycles. The molecule has 5 heteroatoms. The molecule has 0 aliphatic carbocycles. The van der Waals surface area contributed by atoms with E-state index in [1.807, 2.05) is 0 Å². The molecule has 0 N–H and O–H groups in total. The van der Waals surface area contributed by atoms with Gasteiger partial charge in [-0.3, -0.25) is 4.79 Å². The molecule has 1 unspecified atom stereocenters. The normalized spacial score (nSPS) is 12.5. The predicted molar refractivity (Wildman–Crippen MR) is 75.1 cm³/mol. The number of hydrogen-bond donors (Lipinski definition) is 1. The Morgan fingerprint density at radius 1 is 1.47 bits per heavy atom. The summed E-state index contributed by atoms with van der Waals surface area (Å²) < 4.78 is 1.51. The average molecular weight is 255 g/mol. The third-order valence-corrected chi connectivity index (χ3v) is 3.40. The minimum Gasteiger partial charge on any atom is -0.371 e. The van der Waals surface area contributed by atoms with E-state index in [4.69, 9.17) is 0 Å². The van der Waals surface area contributed by atoms with Crippen LogP contribution in [0.25, 0.3) is 0 Å². The molecule has 96 valence electrons. The summed E-state index contributed by atoms with van der Waals surface area (Å²) in [7, 11) is 0. The predicted octanol–water partition coefficient (Wildman–Crippen LogP) is 1.66. The zero-order chi connectivity index (χ0) is 12.8. The van der Waals surface area contributed by atoms with E-state index in [-0.39, 0.29) is 5.56 Å². The molecular formula is C12H21N3OS. The molecule has 0 amide bonds. The quantitative estimate of drug-likeness (QED) is 0.786. The van der Waals surface area contributed by atoms with Gasteiger partial charge in [0.25, 0.3) is 5.56 Å². The molecule has 0 radical (unpaired) electrons. The Hall–Kier alpha value is -0.970. The number of anilines is 1. The number of thiol groups is 1. The van der Waals surface area contributed by atoms with Crippen LogP contribution in [-0.4, -0.2) is 28.6 Å². The van der Waals surface area contributed by atoms with E-state index in [2.05, 4.69) is 43.4 Å². The average Bonchev–Trinajstić information content (AvgIpc) is 2.33. The third-order valence-electron chi connectivity index (χ3n) is 2.78. The SMILES string of the molecule is CCN(CC)c1cnn(CC(C)CS)c(=O)c1. The fourth-order valence-corrected chi connectivity index (χ4v) is 1.79. The van der Waals surface area contributed by atoms with Gasteiger partial charge in [0.05, 0.1) is 11.9 Å². The zero-order valence-electron chi connectivity index (χ0n) is 10.8. The Labute approximate surface area is 108 Å². The summed E-state index contributed by atoms with van der Waals surface area (Å²) in [6, 6.07) is 1.66. The molecule has 1 heterocycles. The molecule has 0 saturated heterocycles. The first kappa shape index (κ1) is 14.1. The van der Waals surface area contributed by atoms with Crippen LogP contribution in [0.2, 0.25) is 0 Å². The first-order valence-electron chi connectivity index (χ1n) is 6.05. The topological polar surface area (TPSA) is 38.1 Å². The van der Waals surface area contributed by atoms with E-state index in [1.165, 1.54) is 4.68 Å². The Morgan fingerprint density at radius 3 is 2.59 bits per heavy atom. The van der Waals surface area contributed by atoms with Crippen molar-refractivity contribution in [3.05, 3.63) is 22.6 Å². The largest absolute Gasteiger partial charge is 0.371 e. The maximum atomic E-state index is 11.9. The number of aromatic nitrogens is 2. The van der Waals surface area contributed by atoms with Crippen LogP contribution in [0.4, 0.5) is 5.69 Å². The van der Waals surface area contributed by atoms with Crippen LogP contribution in [0.3, 0.4) is 0 Å². The van der Waals surface area contributed by atoms with Gasteiger partial charge in [-0.05, 0) is 25.5 Å². The molecule has 1 rings (SSSR count). The van der Waals surface area contributed by atoms with Gasteiger partial charge in [-0.15, -0.1) is 0 Å². The summed E-state index contributed by atoms with van der Waals surface area (Å²) in [6.45, 7) is 8.58. The van der Waals surface area contributed by atoms with E-state index in [9.17, 15) is 4.79 Å². The van der Waals surface area contributed by atoms with Gasteiger partial charge in [0.2, 0.25) is 0 Å². The molecule has 0 spiro atoms. The molecule has 0 aliphatic rings. The molecule has 1 atom stereocenters. The van der Waals surface area contributed by atoms with E-state index in [1.54, 1.807) is 12.3 Å². The summed E-state index contributed by atoms with van der Waals surface area (Å²) in [6.07, 6.45) is 1.76. The Kier molecular flexibility index (Phi) is 5.55. The fourth-order valence-electron chi connectivity index (χ4n) is 1.68. The summed E-state index contributed by atoms with van der Waals surface area (Å²) in [4.78, 5) is 14.0. The van der Waals surface area contributed by atoms with Crippen molar-refractivity contribution in [1.29, 1.82) is 0 Å². The lowest BCUT2D eigenvalue weighted by atomic mass is 10.2. The monoisotopic (exact) mass is 255 g/mol. The highest BCUT2D eigenvalue weighted by Crippen LogP contribution is 2.08. The van der Waals surface area contributed by atoms with Crippen molar-refractivity contribution in [2.24, 2.45) is 5.92 Å². The van der Waals surface area contributed by atoms with E-state index >= 15 is 0 Å². The standard InChI is InChI=1S/C12H21N3OS/c1-4-14(5-2)11-6-12(16)15(13-7-11)8-10(3)9-17/h6-7,10,17H,4-5,8-9H2,1-3H3. The van der Waals surface area contributed by atoms with Crippen molar-refractivity contribution in [3.63, 3.8) is 0 Å². The van der Waals surface area contributed by atoms with Gasteiger partial charge in [-0.1, -0.05) is 6.92 Å². The van der Waals surface area contributed by atoms with Crippen LogP contribution in [0.15, 0.2) is 17.1 Å². The van der Waals surface area contributed by atoms with Crippen LogP contribution in [0.5, 0.6) is 0 Å². The van der Waals surface area contributed by atoms with Crippen LogP contribution in [0.1, 0.15) is 20.8 Å². The van der Waals surface area contributed by atoms with Crippen LogP contribution < -0.4 is 10.5 Å². The van der Waals surface area contributed by atoms with Crippen LogP contribution in [-0.2, 0) is 6.54 Å². The van der Waals surface area contributed by atoms with Crippen LogP contribution in [0, 0.1) is 5.92 Å². The first-order chi connectivity index (χ1) is 8.12. The Morgan fingerprint density at radius 2 is 2.12 bits per heavy atom. The maximum Gasteiger partial charge on any atom is 0.268 e. The lowest BCUT2D eigenvalue weighted by Gasteiger charge is -2.20. The highest BCUT2D eigenvalue weighted by Gasteiger charge is 2.07. The molecule has 0 bridgehead atoms. The van der Waals surface area contributed by atoms with Gasteiger partial charge in [0.15, 0.2) is 0 Å². The van der Waals surface area contributed by atoms with E-state index in [0.717, 1.165) is 24.5 Å². The van der Waals surface area contributed by atoms with E-state index in [0.29, 0.717) is 12.5 Å². The molecule has 1 aromatic rings. The molecule has 1 aromatic heterocycles. The summed E-state index contributed by atoms with van der Waals surface area (Å²) >= 11 is 4.21. The zero-order valence-corrected chi connectivity index (χ0v) is 11.7. The third kappa shape index (κ3) is 3.77. The minimum atomic E-state index is -0.0389. The van der Waals surface area contributed by atoms with Crippen molar-refractivity contribution in [3.8, 4) is 0 Å². The number of hydrogen-bond acceptors (Lipinski definition) is 4. The second kappa shape index (κ2) is 6.69. The van der Waals surface area contributed by atoms with Crippen molar-refractivity contribution in [2.75, 3.05) is 23.7 Å². The van der Waals surface area contributed by atoms with Gasteiger partial charge in [0, 0.05) is 25.7 Å². The van der Waals surface area contributed by atoms with Crippen molar-refractivity contribution < 1.29 is 0 Å². The van der Waals surface area contributed by atoms with Crippen molar-refractivity contribution in [2.45, 2.75) is 27.3 Å². The molecule has 0 saturated carbocycles. The summed E-state index contributed by atoms with van der Waals surface area (Å²) in [5.74, 6) is 1.11. The minimum absolute atomic E-state index is 0.0389. The maximum absolute atomic E-state index is 11.9. The highest BCUT2D eigenvalue weighted by atomic mass is 32.1. The number of rotatable bonds is 6. The van der Waals surface area contributed by atoms with Gasteiger partial charge in [-0.25, -0.2) is 4.68 Å². The highest BCUT2D eigenvalue weighted by molar-refractivity contribution is 7.80. The van der Waals surface area contributed by atoms with Crippen LogP contribution >= 0.6 is 12.6 Å². The molecule has 17 heavy (non-hydrogen) atoms. The first-order valence-corrected chi connectivity index (χ1v) is 6.68. The molecule has 4 nitrogen and oxygen atoms in total. The van der Waals surface area contributed by atoms with Gasteiger partial charge in [-0.2, -0.15) is 17.7 Å². The van der Waals surface area contributed by atoms with Gasteiger partial charge in [0.1, 0.15) is 0 Å². The molecular weight excluding hydrogens is 234 g/mol. The summed E-state index contributed by atoms with van der Waals surface area (Å²) in [5, 5.41) is 4.21. The molecule has 0 aromatic carbocycles. The smallest absolute Gasteiger partial charge is 0.268 e. The lowest BCUT2D eigenvalue weighted by molar-refractivity contribution is 0.469. The summed E-state index contributed by atoms with van der Waals surface area (Å²) in [5.41, 5.74) is 0.859. The Bertz CT molecular complexity index is 401. The van der Waals surface area contributed by atoms with E-state index < -0.39 is 0 Å². The van der Waals surface area contributed by atoms with Gasteiger partial charge < -0.3 is 4.90 Å². The Balaban J connectivity index is 2.90. The van der Waals surface area contributed by atoms with Gasteiger partial charge >= 0.3 is 0 Å².